The first-order chi connectivity index (χ1) is 23.4. The van der Waals surface area contributed by atoms with Gasteiger partial charge in [0.2, 0.25) is 15.9 Å². The number of nitrogens with one attached hydrogen (secondary N) is 1. The van der Waals surface area contributed by atoms with Crippen LogP contribution in [0.2, 0.25) is 5.02 Å². The van der Waals surface area contributed by atoms with Crippen molar-refractivity contribution in [1.29, 1.82) is 0 Å². The maximum absolute atomic E-state index is 13.5. The summed E-state index contributed by atoms with van der Waals surface area (Å²) in [5, 5.41) is 12.5. The van der Waals surface area contributed by atoms with Crippen LogP contribution < -0.4 is 19.1 Å². The zero-order valence-corrected chi connectivity index (χ0v) is 29.8. The number of rotatable bonds is 2. The van der Waals surface area contributed by atoms with Crippen LogP contribution in [0, 0.1) is 17.8 Å². The van der Waals surface area contributed by atoms with E-state index in [1.54, 1.807) is 44.4 Å². The molecule has 0 unspecified atom stereocenters. The minimum Gasteiger partial charge on any atom is -0.490 e. The van der Waals surface area contributed by atoms with Gasteiger partial charge in [-0.05, 0) is 105 Å². The van der Waals surface area contributed by atoms with Gasteiger partial charge in [0.05, 0.1) is 30.3 Å². The molecule has 2 bridgehead atoms. The van der Waals surface area contributed by atoms with Gasteiger partial charge in [-0.1, -0.05) is 42.8 Å². The number of aromatic nitrogens is 1. The topological polar surface area (TPSA) is 118 Å². The summed E-state index contributed by atoms with van der Waals surface area (Å²) in [6.45, 7) is 5.12. The van der Waals surface area contributed by atoms with E-state index in [9.17, 15) is 18.3 Å². The number of benzene rings is 2. The number of allylic oxidation sites excluding steroid dienone is 1. The Hall–Kier alpha value is -3.60. The smallest absolute Gasteiger partial charge is 0.264 e. The average Bonchev–Trinajstić information content (AvgIpc) is 3.22. The van der Waals surface area contributed by atoms with Crippen molar-refractivity contribution in [2.24, 2.45) is 17.8 Å². The molecule has 2 aliphatic carbocycles. The number of ether oxygens (including phenoxy) is 2. The average molecular weight is 706 g/mol. The quantitative estimate of drug-likeness (QED) is 0.304. The molecule has 49 heavy (non-hydrogen) atoms. The van der Waals surface area contributed by atoms with Crippen LogP contribution in [0.3, 0.4) is 0 Å². The van der Waals surface area contributed by atoms with E-state index in [0.717, 1.165) is 37.8 Å². The Labute approximate surface area is 293 Å². The highest BCUT2D eigenvalue weighted by atomic mass is 35.5. The standard InChI is InChI=1S/C38H44ClN3O6S/c1-24-7-5-18-38(44,34-9-4-10-35(40-34)47-3)31-14-11-28(31)21-42-22-37(17-6-8-26-19-29(39)13-15-30(26)37)23-48-33-16-12-27(20-32(33)42)36(43)41-49(45,46)25(24)2/h4-5,9-10,12-13,15-16,18-20,24-25,28,31,44H,6-8,11,14,17,21-23H2,1-3H3,(H,41,43)/b18-5+/t24-,25+,28-,31+,37-,38+/m0/s1. The van der Waals surface area contributed by atoms with Crippen molar-refractivity contribution < 1.29 is 27.8 Å². The monoisotopic (exact) mass is 705 g/mol. The minimum atomic E-state index is -4.02. The van der Waals surface area contributed by atoms with E-state index in [1.165, 1.54) is 11.1 Å². The van der Waals surface area contributed by atoms with Gasteiger partial charge in [-0.15, -0.1) is 0 Å². The summed E-state index contributed by atoms with van der Waals surface area (Å²) < 4.78 is 41.3. The molecule has 9 nitrogen and oxygen atoms in total. The molecule has 2 N–H and O–H groups in total. The van der Waals surface area contributed by atoms with Crippen LogP contribution in [0.25, 0.3) is 0 Å². The second-order valence-corrected chi connectivity index (χ2v) is 16.9. The normalized spacial score (nSPS) is 31.6. The molecule has 260 valence electrons. The number of carbonyl (C=O) groups is 1. The number of amides is 1. The number of aliphatic hydroxyl groups is 1. The second-order valence-electron chi connectivity index (χ2n) is 14.4. The largest absolute Gasteiger partial charge is 0.490 e. The zero-order valence-electron chi connectivity index (χ0n) is 28.2. The van der Waals surface area contributed by atoms with Crippen LogP contribution >= 0.6 is 11.6 Å². The minimum absolute atomic E-state index is 0.0843. The summed E-state index contributed by atoms with van der Waals surface area (Å²) >= 11 is 6.45. The molecule has 1 aromatic heterocycles. The van der Waals surface area contributed by atoms with E-state index in [2.05, 4.69) is 26.7 Å². The Morgan fingerprint density at radius 2 is 1.96 bits per heavy atom. The van der Waals surface area contributed by atoms with Gasteiger partial charge in [0.15, 0.2) is 0 Å². The molecular formula is C38H44ClN3O6S. The number of anilines is 1. The molecule has 2 aromatic carbocycles. The molecule has 4 aliphatic rings. The van der Waals surface area contributed by atoms with E-state index < -0.39 is 26.8 Å². The Balaban J connectivity index is 1.35. The molecule has 2 aliphatic heterocycles. The van der Waals surface area contributed by atoms with Crippen molar-refractivity contribution in [2.75, 3.05) is 31.7 Å². The SMILES string of the molecule is COc1cccc([C@@]2(O)/C=C/C[C@H](C)[C@@H](C)S(=O)(=O)NC(=O)c3ccc4c(c3)N(C[C@@H]3CC[C@H]32)C[C@@]2(CCCc3cc(Cl)ccc32)CO4)n1. The summed E-state index contributed by atoms with van der Waals surface area (Å²) in [5.74, 6) is -0.0341. The summed E-state index contributed by atoms with van der Waals surface area (Å²) in [6.07, 6.45) is 8.58. The van der Waals surface area contributed by atoms with Gasteiger partial charge in [0.1, 0.15) is 11.4 Å². The summed E-state index contributed by atoms with van der Waals surface area (Å²) in [4.78, 5) is 20.5. The van der Waals surface area contributed by atoms with Crippen LogP contribution in [0.1, 0.15) is 73.1 Å². The first kappa shape index (κ1) is 33.9. The molecule has 1 amide bonds. The van der Waals surface area contributed by atoms with Crippen molar-refractivity contribution in [3.05, 3.63) is 94.2 Å². The van der Waals surface area contributed by atoms with E-state index in [0.29, 0.717) is 48.5 Å². The van der Waals surface area contributed by atoms with Gasteiger partial charge in [-0.2, -0.15) is 0 Å². The zero-order chi connectivity index (χ0) is 34.6. The van der Waals surface area contributed by atoms with Gasteiger partial charge >= 0.3 is 0 Å². The number of fused-ring (bicyclic) bond motifs is 4. The van der Waals surface area contributed by atoms with Crippen molar-refractivity contribution in [3.63, 3.8) is 0 Å². The third-order valence-corrected chi connectivity index (χ3v) is 13.6. The number of carbonyl (C=O) groups excluding carboxylic acids is 1. The predicted octanol–water partition coefficient (Wildman–Crippen LogP) is 6.17. The third kappa shape index (κ3) is 6.21. The Kier molecular flexibility index (Phi) is 8.94. The fourth-order valence-corrected chi connectivity index (χ4v) is 9.78. The molecule has 1 spiro atoms. The Bertz CT molecular complexity index is 1900. The van der Waals surface area contributed by atoms with Gasteiger partial charge in [-0.25, -0.2) is 18.1 Å². The fourth-order valence-electron chi connectivity index (χ4n) is 8.30. The van der Waals surface area contributed by atoms with Crippen molar-refractivity contribution in [2.45, 2.75) is 68.6 Å². The molecule has 7 rings (SSSR count). The van der Waals surface area contributed by atoms with Crippen LogP contribution in [0.5, 0.6) is 11.6 Å². The van der Waals surface area contributed by atoms with Crippen molar-refractivity contribution >= 4 is 33.2 Å². The van der Waals surface area contributed by atoms with Gasteiger partial charge in [-0.3, -0.25) is 4.79 Å². The van der Waals surface area contributed by atoms with E-state index >= 15 is 0 Å². The lowest BCUT2D eigenvalue weighted by atomic mass is 9.63. The van der Waals surface area contributed by atoms with Gasteiger partial charge < -0.3 is 19.5 Å². The Morgan fingerprint density at radius 3 is 2.73 bits per heavy atom. The first-order valence-corrected chi connectivity index (χ1v) is 19.1. The summed E-state index contributed by atoms with van der Waals surface area (Å²) in [6, 6.07) is 16.7. The molecule has 1 fully saturated rings. The number of nitrogens with zero attached hydrogens (tertiary/aromatic N) is 2. The van der Waals surface area contributed by atoms with Crippen molar-refractivity contribution in [3.8, 4) is 11.6 Å². The predicted molar refractivity (Wildman–Crippen MR) is 190 cm³/mol. The molecule has 0 saturated heterocycles. The second kappa shape index (κ2) is 12.9. The molecule has 3 heterocycles. The molecule has 1 saturated carbocycles. The number of hydrogen-bond acceptors (Lipinski definition) is 8. The highest BCUT2D eigenvalue weighted by Crippen LogP contribution is 2.50. The number of methoxy groups -OCH3 is 1. The fraction of sp³-hybridized carbons (Fsp3) is 0.474. The number of pyridine rings is 1. The molecular weight excluding hydrogens is 662 g/mol. The summed E-state index contributed by atoms with van der Waals surface area (Å²) in [7, 11) is -2.46. The number of sulfonamides is 1. The van der Waals surface area contributed by atoms with Crippen LogP contribution in [0.4, 0.5) is 5.69 Å². The van der Waals surface area contributed by atoms with E-state index in [1.807, 2.05) is 31.2 Å². The first-order valence-electron chi connectivity index (χ1n) is 17.2. The molecule has 0 radical (unpaired) electrons. The highest BCUT2D eigenvalue weighted by molar-refractivity contribution is 7.90. The third-order valence-electron chi connectivity index (χ3n) is 11.5. The number of hydrogen-bond donors (Lipinski definition) is 2. The maximum Gasteiger partial charge on any atom is 0.264 e. The lowest BCUT2D eigenvalue weighted by Crippen LogP contribution is -2.51. The lowest BCUT2D eigenvalue weighted by Gasteiger charge is -2.49. The highest BCUT2D eigenvalue weighted by Gasteiger charge is 2.49. The van der Waals surface area contributed by atoms with Crippen LogP contribution in [-0.2, 0) is 27.5 Å². The molecule has 6 atom stereocenters. The molecule has 3 aromatic rings. The Morgan fingerprint density at radius 1 is 1.12 bits per heavy atom. The van der Waals surface area contributed by atoms with Crippen molar-refractivity contribution in [1.82, 2.24) is 9.71 Å². The van der Waals surface area contributed by atoms with Crippen LogP contribution in [-0.4, -0.2) is 56.5 Å². The van der Waals surface area contributed by atoms with Crippen LogP contribution in [0.15, 0.2) is 66.7 Å². The summed E-state index contributed by atoms with van der Waals surface area (Å²) in [5.41, 5.74) is 2.18. The molecule has 11 heteroatoms. The van der Waals surface area contributed by atoms with E-state index in [-0.39, 0.29) is 28.7 Å². The maximum atomic E-state index is 13.5. The van der Waals surface area contributed by atoms with E-state index in [4.69, 9.17) is 21.1 Å². The van der Waals surface area contributed by atoms with Gasteiger partial charge in [0, 0.05) is 41.1 Å². The lowest BCUT2D eigenvalue weighted by molar-refractivity contribution is -0.0532. The number of halogens is 1. The number of aryl methyl sites for hydroxylation is 1. The van der Waals surface area contributed by atoms with Gasteiger partial charge in [0.25, 0.3) is 5.91 Å².